The molecule has 1 aliphatic rings. The van der Waals surface area contributed by atoms with Crippen molar-refractivity contribution in [1.82, 2.24) is 10.0 Å². The zero-order valence-electron chi connectivity index (χ0n) is 11.2. The fraction of sp³-hybridized carbons (Fsp3) is 0.538. The predicted molar refractivity (Wildman–Crippen MR) is 81.9 cm³/mol. The van der Waals surface area contributed by atoms with Gasteiger partial charge in [-0.2, -0.15) is 0 Å². The Kier molecular flexibility index (Phi) is 4.97. The van der Waals surface area contributed by atoms with Gasteiger partial charge >= 0.3 is 0 Å². The lowest BCUT2D eigenvalue weighted by Gasteiger charge is -2.34. The van der Waals surface area contributed by atoms with Crippen molar-refractivity contribution in [3.05, 3.63) is 28.2 Å². The number of halogens is 2. The zero-order chi connectivity index (χ0) is 14.8. The number of rotatable bonds is 4. The first kappa shape index (κ1) is 16.0. The maximum atomic E-state index is 12.4. The topological polar surface area (TPSA) is 58.2 Å². The van der Waals surface area contributed by atoms with Crippen molar-refractivity contribution in [2.24, 2.45) is 5.41 Å². The fourth-order valence-electron chi connectivity index (χ4n) is 2.35. The van der Waals surface area contributed by atoms with E-state index in [2.05, 4.69) is 17.0 Å². The monoisotopic (exact) mass is 336 g/mol. The van der Waals surface area contributed by atoms with Crippen LogP contribution in [0.2, 0.25) is 10.0 Å². The molecule has 1 fully saturated rings. The predicted octanol–water partition coefficient (Wildman–Crippen LogP) is 2.66. The Morgan fingerprint density at radius 2 is 2.00 bits per heavy atom. The fourth-order valence-corrected chi connectivity index (χ4v) is 4.69. The van der Waals surface area contributed by atoms with E-state index in [0.29, 0.717) is 6.54 Å². The van der Waals surface area contributed by atoms with E-state index in [1.54, 1.807) is 6.07 Å². The van der Waals surface area contributed by atoms with Crippen molar-refractivity contribution >= 4 is 33.2 Å². The van der Waals surface area contributed by atoms with Crippen LogP contribution < -0.4 is 10.0 Å². The molecule has 0 aromatic heterocycles. The molecule has 0 bridgehead atoms. The van der Waals surface area contributed by atoms with Gasteiger partial charge in [0.2, 0.25) is 10.0 Å². The van der Waals surface area contributed by atoms with Crippen molar-refractivity contribution in [3.63, 3.8) is 0 Å². The van der Waals surface area contributed by atoms with Gasteiger partial charge in [0.25, 0.3) is 0 Å². The molecule has 1 aliphatic heterocycles. The first-order valence-electron chi connectivity index (χ1n) is 6.48. The molecule has 112 valence electrons. The molecule has 0 aliphatic carbocycles. The Balaban J connectivity index is 2.15. The third-order valence-electron chi connectivity index (χ3n) is 3.56. The van der Waals surface area contributed by atoms with Crippen LogP contribution >= 0.6 is 23.2 Å². The van der Waals surface area contributed by atoms with Gasteiger partial charge in [0.1, 0.15) is 4.90 Å². The normalized spacial score (nSPS) is 23.8. The molecule has 1 saturated heterocycles. The van der Waals surface area contributed by atoms with Gasteiger partial charge in [-0.15, -0.1) is 0 Å². The minimum atomic E-state index is -3.70. The molecule has 1 heterocycles. The van der Waals surface area contributed by atoms with Crippen LogP contribution in [0.5, 0.6) is 0 Å². The number of hydrogen-bond acceptors (Lipinski definition) is 3. The van der Waals surface area contributed by atoms with Crippen molar-refractivity contribution in [1.29, 1.82) is 0 Å². The van der Waals surface area contributed by atoms with Crippen LogP contribution in [0.1, 0.15) is 19.8 Å². The summed E-state index contributed by atoms with van der Waals surface area (Å²) < 4.78 is 27.3. The van der Waals surface area contributed by atoms with E-state index in [1.165, 1.54) is 12.1 Å². The van der Waals surface area contributed by atoms with Crippen LogP contribution in [0.4, 0.5) is 0 Å². The second-order valence-corrected chi connectivity index (χ2v) is 7.98. The summed E-state index contributed by atoms with van der Waals surface area (Å²) in [6, 6.07) is 4.66. The Morgan fingerprint density at radius 3 is 2.55 bits per heavy atom. The van der Waals surface area contributed by atoms with E-state index in [0.717, 1.165) is 25.9 Å². The molecule has 0 amide bonds. The molecule has 7 heteroatoms. The molecule has 4 nitrogen and oxygen atoms in total. The van der Waals surface area contributed by atoms with Crippen LogP contribution in [0, 0.1) is 5.41 Å². The lowest BCUT2D eigenvalue weighted by molar-refractivity contribution is 0.238. The van der Waals surface area contributed by atoms with Crippen LogP contribution in [0.15, 0.2) is 23.1 Å². The van der Waals surface area contributed by atoms with Crippen LogP contribution in [-0.2, 0) is 10.0 Å². The van der Waals surface area contributed by atoms with Crippen LogP contribution in [-0.4, -0.2) is 28.1 Å². The molecule has 2 N–H and O–H groups in total. The van der Waals surface area contributed by atoms with Gasteiger partial charge in [-0.3, -0.25) is 0 Å². The molecule has 0 saturated carbocycles. The van der Waals surface area contributed by atoms with Crippen molar-refractivity contribution in [2.45, 2.75) is 24.7 Å². The number of piperidine rings is 1. The molecule has 0 radical (unpaired) electrons. The highest BCUT2D eigenvalue weighted by Gasteiger charge is 2.30. The third-order valence-corrected chi connectivity index (χ3v) is 5.92. The molecule has 20 heavy (non-hydrogen) atoms. The molecule has 1 unspecified atom stereocenters. The summed E-state index contributed by atoms with van der Waals surface area (Å²) in [4.78, 5) is -0.0456. The Morgan fingerprint density at radius 1 is 1.35 bits per heavy atom. The summed E-state index contributed by atoms with van der Waals surface area (Å²) in [5.41, 5.74) is -0.0843. The minimum absolute atomic E-state index is 0.0456. The summed E-state index contributed by atoms with van der Waals surface area (Å²) in [7, 11) is -3.70. The van der Waals surface area contributed by atoms with Gasteiger partial charge in [-0.1, -0.05) is 36.2 Å². The average molecular weight is 337 g/mol. The standard InChI is InChI=1S/C13H18Cl2N2O2S/c1-13(6-3-7-16-8-13)9-17-20(18,19)12-10(14)4-2-5-11(12)15/h2,4-5,16-17H,3,6-9H2,1H3. The summed E-state index contributed by atoms with van der Waals surface area (Å²) in [5.74, 6) is 0. The SMILES string of the molecule is CC1(CNS(=O)(=O)c2c(Cl)cccc2Cl)CCCNC1. The number of hydrogen-bond donors (Lipinski definition) is 2. The average Bonchev–Trinajstić information content (AvgIpc) is 2.37. The second-order valence-electron chi connectivity index (χ2n) is 5.47. The summed E-state index contributed by atoms with van der Waals surface area (Å²) in [6.45, 7) is 4.21. The van der Waals surface area contributed by atoms with Crippen molar-refractivity contribution in [2.75, 3.05) is 19.6 Å². The van der Waals surface area contributed by atoms with Gasteiger partial charge in [0, 0.05) is 13.1 Å². The molecular weight excluding hydrogens is 319 g/mol. The van der Waals surface area contributed by atoms with E-state index in [9.17, 15) is 8.42 Å². The minimum Gasteiger partial charge on any atom is -0.316 e. The molecule has 0 spiro atoms. The first-order valence-corrected chi connectivity index (χ1v) is 8.72. The van der Waals surface area contributed by atoms with Gasteiger partial charge < -0.3 is 5.32 Å². The summed E-state index contributed by atoms with van der Waals surface area (Å²) in [5, 5.41) is 3.56. The number of sulfonamides is 1. The molecule has 1 atom stereocenters. The van der Waals surface area contributed by atoms with Crippen molar-refractivity contribution in [3.8, 4) is 0 Å². The third kappa shape index (κ3) is 3.65. The lowest BCUT2D eigenvalue weighted by Crippen LogP contribution is -2.45. The molecular formula is C13H18Cl2N2O2S. The highest BCUT2D eigenvalue weighted by molar-refractivity contribution is 7.89. The smallest absolute Gasteiger partial charge is 0.243 e. The van der Waals surface area contributed by atoms with E-state index >= 15 is 0 Å². The van der Waals surface area contributed by atoms with E-state index in [1.807, 2.05) is 0 Å². The Bertz CT molecular complexity index is 564. The van der Waals surface area contributed by atoms with Crippen molar-refractivity contribution < 1.29 is 8.42 Å². The quantitative estimate of drug-likeness (QED) is 0.888. The number of nitrogens with one attached hydrogen (secondary N) is 2. The zero-order valence-corrected chi connectivity index (χ0v) is 13.6. The summed E-state index contributed by atoms with van der Waals surface area (Å²) >= 11 is 11.9. The van der Waals surface area contributed by atoms with Gasteiger partial charge in [0.15, 0.2) is 0 Å². The van der Waals surface area contributed by atoms with E-state index in [4.69, 9.17) is 23.2 Å². The van der Waals surface area contributed by atoms with Gasteiger partial charge in [-0.05, 0) is 36.9 Å². The highest BCUT2D eigenvalue weighted by atomic mass is 35.5. The Labute approximate surface area is 129 Å². The lowest BCUT2D eigenvalue weighted by atomic mass is 9.83. The van der Waals surface area contributed by atoms with Gasteiger partial charge in [-0.25, -0.2) is 13.1 Å². The molecule has 1 aromatic carbocycles. The highest BCUT2D eigenvalue weighted by Crippen LogP contribution is 2.30. The second kappa shape index (κ2) is 6.20. The van der Waals surface area contributed by atoms with Crippen LogP contribution in [0.3, 0.4) is 0 Å². The van der Waals surface area contributed by atoms with Gasteiger partial charge in [0.05, 0.1) is 10.0 Å². The largest absolute Gasteiger partial charge is 0.316 e. The molecule has 1 aromatic rings. The maximum Gasteiger partial charge on any atom is 0.243 e. The maximum absolute atomic E-state index is 12.4. The first-order chi connectivity index (χ1) is 9.34. The number of benzene rings is 1. The van der Waals surface area contributed by atoms with Crippen LogP contribution in [0.25, 0.3) is 0 Å². The summed E-state index contributed by atoms with van der Waals surface area (Å²) in [6.07, 6.45) is 2.03. The van der Waals surface area contributed by atoms with E-state index in [-0.39, 0.29) is 20.4 Å². The van der Waals surface area contributed by atoms with E-state index < -0.39 is 10.0 Å². The molecule has 2 rings (SSSR count). The Hall–Kier alpha value is -0.330.